The average molecular weight is 333 g/mol. The van der Waals surface area contributed by atoms with E-state index in [0.717, 1.165) is 42.1 Å². The lowest BCUT2D eigenvalue weighted by atomic mass is 9.86. The molecule has 3 aromatic rings. The van der Waals surface area contributed by atoms with Crippen molar-refractivity contribution in [2.45, 2.75) is 13.0 Å². The zero-order valence-electron chi connectivity index (χ0n) is 14.1. The van der Waals surface area contributed by atoms with Gasteiger partial charge in [0.25, 0.3) is 0 Å². The minimum Gasteiger partial charge on any atom is -0.497 e. The van der Waals surface area contributed by atoms with Crippen LogP contribution in [0.1, 0.15) is 11.1 Å². The average Bonchev–Trinajstić information content (AvgIpc) is 3.15. The summed E-state index contributed by atoms with van der Waals surface area (Å²) in [5, 5.41) is 5.82. The molecule has 0 saturated heterocycles. The zero-order chi connectivity index (χ0) is 16.8. The van der Waals surface area contributed by atoms with Crippen molar-refractivity contribution < 1.29 is 14.2 Å². The predicted molar refractivity (Wildman–Crippen MR) is 97.5 cm³/mol. The molecule has 0 bridgehead atoms. The van der Waals surface area contributed by atoms with Gasteiger partial charge in [-0.3, -0.25) is 0 Å². The molecule has 0 radical (unpaired) electrons. The highest BCUT2D eigenvalue weighted by molar-refractivity contribution is 6.04. The summed E-state index contributed by atoms with van der Waals surface area (Å²) >= 11 is 0. The highest BCUT2D eigenvalue weighted by Crippen LogP contribution is 2.46. The van der Waals surface area contributed by atoms with Crippen LogP contribution in [-0.2, 0) is 13.0 Å². The number of benzene rings is 3. The third kappa shape index (κ3) is 2.25. The molecule has 4 heteroatoms. The van der Waals surface area contributed by atoms with Crippen molar-refractivity contribution in [2.24, 2.45) is 0 Å². The number of hydrogen-bond donors (Lipinski definition) is 1. The van der Waals surface area contributed by atoms with Gasteiger partial charge >= 0.3 is 0 Å². The first kappa shape index (κ1) is 14.6. The largest absolute Gasteiger partial charge is 0.497 e. The van der Waals surface area contributed by atoms with Gasteiger partial charge in [0.1, 0.15) is 5.75 Å². The molecule has 0 atom stereocenters. The van der Waals surface area contributed by atoms with E-state index >= 15 is 0 Å². The van der Waals surface area contributed by atoms with E-state index in [0.29, 0.717) is 0 Å². The van der Waals surface area contributed by atoms with Crippen molar-refractivity contribution in [2.75, 3.05) is 20.4 Å². The van der Waals surface area contributed by atoms with Crippen LogP contribution in [0.3, 0.4) is 0 Å². The normalized spacial score (nSPS) is 15.2. The van der Waals surface area contributed by atoms with E-state index in [-0.39, 0.29) is 6.79 Å². The molecule has 2 heterocycles. The lowest BCUT2D eigenvalue weighted by Gasteiger charge is -2.23. The number of hydrogen-bond acceptors (Lipinski definition) is 4. The van der Waals surface area contributed by atoms with E-state index in [4.69, 9.17) is 14.2 Å². The van der Waals surface area contributed by atoms with Crippen LogP contribution in [0, 0.1) is 0 Å². The number of fused-ring (bicyclic) bond motifs is 4. The van der Waals surface area contributed by atoms with Crippen molar-refractivity contribution in [3.63, 3.8) is 0 Å². The summed E-state index contributed by atoms with van der Waals surface area (Å²) in [4.78, 5) is 0. The van der Waals surface area contributed by atoms with E-state index in [1.807, 2.05) is 18.2 Å². The first-order valence-electron chi connectivity index (χ1n) is 8.57. The van der Waals surface area contributed by atoms with E-state index in [2.05, 4.69) is 29.6 Å². The zero-order valence-corrected chi connectivity index (χ0v) is 14.1. The topological polar surface area (TPSA) is 39.7 Å². The molecule has 3 aromatic carbocycles. The Morgan fingerprint density at radius 3 is 2.76 bits per heavy atom. The summed E-state index contributed by atoms with van der Waals surface area (Å²) < 4.78 is 16.8. The Morgan fingerprint density at radius 2 is 1.92 bits per heavy atom. The quantitative estimate of drug-likeness (QED) is 0.772. The van der Waals surface area contributed by atoms with E-state index in [1.54, 1.807) is 7.11 Å². The minimum absolute atomic E-state index is 0.287. The summed E-state index contributed by atoms with van der Waals surface area (Å²) in [5.41, 5.74) is 5.22. The molecule has 2 aliphatic heterocycles. The summed E-state index contributed by atoms with van der Waals surface area (Å²) in [7, 11) is 1.69. The van der Waals surface area contributed by atoms with E-state index in [9.17, 15) is 0 Å². The van der Waals surface area contributed by atoms with Crippen molar-refractivity contribution in [1.29, 1.82) is 0 Å². The second-order valence-electron chi connectivity index (χ2n) is 6.44. The number of ether oxygens (including phenoxy) is 3. The molecule has 126 valence electrons. The second kappa shape index (κ2) is 5.67. The van der Waals surface area contributed by atoms with Gasteiger partial charge in [-0.2, -0.15) is 0 Å². The van der Waals surface area contributed by atoms with Gasteiger partial charge in [-0.1, -0.05) is 18.2 Å². The maximum absolute atomic E-state index is 5.85. The van der Waals surface area contributed by atoms with E-state index < -0.39 is 0 Å². The Hall–Kier alpha value is -2.72. The Labute approximate surface area is 146 Å². The van der Waals surface area contributed by atoms with Crippen LogP contribution in [-0.4, -0.2) is 20.4 Å². The van der Waals surface area contributed by atoms with Crippen molar-refractivity contribution >= 4 is 10.8 Å². The highest BCUT2D eigenvalue weighted by Gasteiger charge is 2.24. The van der Waals surface area contributed by atoms with E-state index in [1.165, 1.54) is 27.6 Å². The molecule has 25 heavy (non-hydrogen) atoms. The van der Waals surface area contributed by atoms with Gasteiger partial charge < -0.3 is 19.5 Å². The first-order valence-corrected chi connectivity index (χ1v) is 8.57. The van der Waals surface area contributed by atoms with Gasteiger partial charge in [-0.15, -0.1) is 0 Å². The highest BCUT2D eigenvalue weighted by atomic mass is 16.7. The molecule has 4 nitrogen and oxygen atoms in total. The smallest absolute Gasteiger partial charge is 0.231 e. The van der Waals surface area contributed by atoms with Gasteiger partial charge in [-0.25, -0.2) is 0 Å². The molecule has 0 aromatic heterocycles. The minimum atomic E-state index is 0.287. The SMILES string of the molecule is COc1ccc(-c2c3c(cc4ccc5c(c24)OCO5)CNCC3)cc1. The molecular formula is C21H19NO3. The molecule has 0 spiro atoms. The predicted octanol–water partition coefficient (Wildman–Crippen LogP) is 3.89. The summed E-state index contributed by atoms with van der Waals surface area (Å²) in [6, 6.07) is 14.7. The van der Waals surface area contributed by atoms with Crippen molar-refractivity contribution in [3.05, 3.63) is 53.6 Å². The van der Waals surface area contributed by atoms with Crippen LogP contribution in [0.2, 0.25) is 0 Å². The van der Waals surface area contributed by atoms with Gasteiger partial charge in [0.05, 0.1) is 7.11 Å². The Kier molecular flexibility index (Phi) is 3.31. The van der Waals surface area contributed by atoms with Gasteiger partial charge in [0.2, 0.25) is 6.79 Å². The third-order valence-corrected chi connectivity index (χ3v) is 5.09. The fourth-order valence-corrected chi connectivity index (χ4v) is 3.91. The molecule has 0 amide bonds. The summed E-state index contributed by atoms with van der Waals surface area (Å²) in [6.07, 6.45) is 1.01. The van der Waals surface area contributed by atoms with Gasteiger partial charge in [0, 0.05) is 11.9 Å². The fraction of sp³-hybridized carbons (Fsp3) is 0.238. The maximum Gasteiger partial charge on any atom is 0.231 e. The molecule has 5 rings (SSSR count). The maximum atomic E-state index is 5.85. The summed E-state index contributed by atoms with van der Waals surface area (Å²) in [6.45, 7) is 2.19. The van der Waals surface area contributed by atoms with Crippen molar-refractivity contribution in [3.8, 4) is 28.4 Å². The Balaban J connectivity index is 1.85. The third-order valence-electron chi connectivity index (χ3n) is 5.09. The fourth-order valence-electron chi connectivity index (χ4n) is 3.91. The molecular weight excluding hydrogens is 314 g/mol. The van der Waals surface area contributed by atoms with Crippen LogP contribution in [0.4, 0.5) is 0 Å². The Bertz CT molecular complexity index is 963. The first-order chi connectivity index (χ1) is 12.3. The van der Waals surface area contributed by atoms with Crippen molar-refractivity contribution in [1.82, 2.24) is 5.32 Å². The second-order valence-corrected chi connectivity index (χ2v) is 6.44. The number of methoxy groups -OCH3 is 1. The molecule has 1 N–H and O–H groups in total. The standard InChI is InChI=1S/C21H19NO3/c1-23-16-5-2-13(3-6-16)19-17-8-9-22-11-15(17)10-14-4-7-18-21(20(14)19)25-12-24-18/h2-7,10,22H,8-9,11-12H2,1H3. The number of nitrogens with one attached hydrogen (secondary N) is 1. The Morgan fingerprint density at radius 1 is 1.04 bits per heavy atom. The molecule has 0 unspecified atom stereocenters. The van der Waals surface area contributed by atoms with Crippen LogP contribution in [0.5, 0.6) is 17.2 Å². The van der Waals surface area contributed by atoms with Gasteiger partial charge in [-0.05, 0) is 64.9 Å². The lowest BCUT2D eigenvalue weighted by Crippen LogP contribution is -2.24. The van der Waals surface area contributed by atoms with Crippen LogP contribution in [0.25, 0.3) is 21.9 Å². The number of rotatable bonds is 2. The van der Waals surface area contributed by atoms with Crippen LogP contribution in [0.15, 0.2) is 42.5 Å². The van der Waals surface area contributed by atoms with Gasteiger partial charge in [0.15, 0.2) is 11.5 Å². The molecule has 2 aliphatic rings. The monoisotopic (exact) mass is 333 g/mol. The van der Waals surface area contributed by atoms with Crippen LogP contribution < -0.4 is 19.5 Å². The molecule has 0 aliphatic carbocycles. The van der Waals surface area contributed by atoms with Crippen LogP contribution >= 0.6 is 0 Å². The summed E-state index contributed by atoms with van der Waals surface area (Å²) in [5.74, 6) is 2.56. The lowest BCUT2D eigenvalue weighted by molar-refractivity contribution is 0.175. The molecule has 0 saturated carbocycles. The molecule has 0 fully saturated rings.